The third-order valence-corrected chi connectivity index (χ3v) is 6.16. The van der Waals surface area contributed by atoms with E-state index in [-0.39, 0.29) is 17.7 Å². The number of Topliss-reactive ketones (excluding diaryl/α,β-unsaturated/α-hetero) is 1. The van der Waals surface area contributed by atoms with Crippen molar-refractivity contribution in [1.29, 1.82) is 0 Å². The van der Waals surface area contributed by atoms with E-state index in [0.29, 0.717) is 6.42 Å². The zero-order valence-electron chi connectivity index (χ0n) is 14.8. The highest BCUT2D eigenvalue weighted by atomic mass is 32.1. The number of allylic oxidation sites excluding steroid dienone is 1. The molecule has 4 heteroatoms. The summed E-state index contributed by atoms with van der Waals surface area (Å²) in [5.41, 5.74) is 6.39. The summed E-state index contributed by atoms with van der Waals surface area (Å²) in [6, 6.07) is 20.6. The molecule has 0 unspecified atom stereocenters. The topological polar surface area (TPSA) is 41.1 Å². The van der Waals surface area contributed by atoms with Crippen molar-refractivity contribution in [2.75, 3.05) is 10.6 Å². The van der Waals surface area contributed by atoms with Gasteiger partial charge in [0.1, 0.15) is 0 Å². The van der Waals surface area contributed by atoms with E-state index < -0.39 is 0 Å². The summed E-state index contributed by atoms with van der Waals surface area (Å²) in [5, 5.41) is 11.4. The van der Waals surface area contributed by atoms with Crippen molar-refractivity contribution >= 4 is 28.5 Å². The fraction of sp³-hybridized carbons (Fsp3) is 0.174. The molecule has 3 aromatic rings. The first-order valence-electron chi connectivity index (χ1n) is 9.25. The number of benzene rings is 2. The molecule has 2 N–H and O–H groups in total. The van der Waals surface area contributed by atoms with E-state index in [1.54, 1.807) is 11.3 Å². The molecule has 0 amide bonds. The van der Waals surface area contributed by atoms with Crippen LogP contribution in [0.5, 0.6) is 0 Å². The van der Waals surface area contributed by atoms with Crippen LogP contribution < -0.4 is 10.6 Å². The first-order chi connectivity index (χ1) is 13.3. The lowest BCUT2D eigenvalue weighted by Crippen LogP contribution is -2.26. The fourth-order valence-electron chi connectivity index (χ4n) is 4.14. The number of hydrogen-bond acceptors (Lipinski definition) is 4. The van der Waals surface area contributed by atoms with Gasteiger partial charge in [-0.05, 0) is 52.4 Å². The molecule has 0 bridgehead atoms. The first kappa shape index (κ1) is 16.3. The highest BCUT2D eigenvalue weighted by molar-refractivity contribution is 7.08. The Kier molecular flexibility index (Phi) is 4.06. The van der Waals surface area contributed by atoms with E-state index in [1.165, 1.54) is 5.56 Å². The van der Waals surface area contributed by atoms with Crippen LogP contribution in [0.15, 0.2) is 82.7 Å². The molecular weight excluding hydrogens is 352 g/mol. The van der Waals surface area contributed by atoms with Gasteiger partial charge in [0.15, 0.2) is 5.78 Å². The second kappa shape index (κ2) is 6.71. The predicted molar refractivity (Wildman–Crippen MR) is 111 cm³/mol. The highest BCUT2D eigenvalue weighted by Gasteiger charge is 2.36. The lowest BCUT2D eigenvalue weighted by atomic mass is 9.79. The minimum Gasteiger partial charge on any atom is -0.372 e. The Morgan fingerprint density at radius 3 is 2.41 bits per heavy atom. The predicted octanol–water partition coefficient (Wildman–Crippen LogP) is 5.73. The second-order valence-corrected chi connectivity index (χ2v) is 7.92. The van der Waals surface area contributed by atoms with Crippen molar-refractivity contribution in [3.05, 3.63) is 93.8 Å². The zero-order valence-corrected chi connectivity index (χ0v) is 15.6. The number of carbonyl (C=O) groups is 1. The molecule has 0 fully saturated rings. The standard InChI is InChI=1S/C23H20N2OS/c26-21-13-17(15-6-2-1-3-7-15)12-20-22(21)23(16-10-11-27-14-16)25-19-9-5-4-8-18(19)24-20/h1-11,14,17,23-25H,12-13H2/t17-,23-/m1/s1. The average molecular weight is 372 g/mol. The van der Waals surface area contributed by atoms with Gasteiger partial charge in [-0.1, -0.05) is 42.5 Å². The number of para-hydroxylation sites is 2. The summed E-state index contributed by atoms with van der Waals surface area (Å²) in [4.78, 5) is 13.3. The quantitative estimate of drug-likeness (QED) is 0.604. The van der Waals surface area contributed by atoms with Gasteiger partial charge in [-0.3, -0.25) is 4.79 Å². The summed E-state index contributed by atoms with van der Waals surface area (Å²) >= 11 is 1.67. The maximum atomic E-state index is 13.3. The van der Waals surface area contributed by atoms with Crippen LogP contribution in [0.25, 0.3) is 0 Å². The number of rotatable bonds is 2. The second-order valence-electron chi connectivity index (χ2n) is 7.14. The molecule has 2 heterocycles. The monoisotopic (exact) mass is 372 g/mol. The minimum atomic E-state index is -0.105. The molecule has 0 spiro atoms. The van der Waals surface area contributed by atoms with E-state index in [4.69, 9.17) is 0 Å². The normalized spacial score (nSPS) is 21.6. The van der Waals surface area contributed by atoms with Crippen LogP contribution in [-0.4, -0.2) is 5.78 Å². The van der Waals surface area contributed by atoms with E-state index in [2.05, 4.69) is 63.9 Å². The number of carbonyl (C=O) groups excluding carboxylic acids is 1. The van der Waals surface area contributed by atoms with E-state index in [1.807, 2.05) is 18.2 Å². The SMILES string of the molecule is O=C1C[C@H](c2ccccc2)CC2=C1[C@@H](c1ccsc1)Nc1ccccc1N2. The van der Waals surface area contributed by atoms with Gasteiger partial charge >= 0.3 is 0 Å². The van der Waals surface area contributed by atoms with Crippen molar-refractivity contribution in [1.82, 2.24) is 0 Å². The number of ketones is 1. The highest BCUT2D eigenvalue weighted by Crippen LogP contribution is 2.44. The van der Waals surface area contributed by atoms with Gasteiger partial charge < -0.3 is 10.6 Å². The van der Waals surface area contributed by atoms with Crippen molar-refractivity contribution < 1.29 is 4.79 Å². The number of fused-ring (bicyclic) bond motifs is 1. The number of hydrogen-bond donors (Lipinski definition) is 2. The van der Waals surface area contributed by atoms with Crippen molar-refractivity contribution in [2.45, 2.75) is 24.8 Å². The third-order valence-electron chi connectivity index (χ3n) is 5.46. The molecule has 3 nitrogen and oxygen atoms in total. The fourth-order valence-corrected chi connectivity index (χ4v) is 4.83. The van der Waals surface area contributed by atoms with Gasteiger partial charge in [0, 0.05) is 17.7 Å². The largest absolute Gasteiger partial charge is 0.372 e. The Morgan fingerprint density at radius 1 is 0.852 bits per heavy atom. The van der Waals surface area contributed by atoms with E-state index in [9.17, 15) is 4.79 Å². The molecular formula is C23H20N2OS. The molecule has 2 atom stereocenters. The van der Waals surface area contributed by atoms with Crippen LogP contribution in [0.1, 0.15) is 35.9 Å². The van der Waals surface area contributed by atoms with Crippen LogP contribution in [-0.2, 0) is 4.79 Å². The van der Waals surface area contributed by atoms with Crippen LogP contribution in [0.4, 0.5) is 11.4 Å². The molecule has 0 saturated heterocycles. The number of nitrogens with one attached hydrogen (secondary N) is 2. The summed E-state index contributed by atoms with van der Waals surface area (Å²) in [7, 11) is 0. The van der Waals surface area contributed by atoms with Crippen LogP contribution in [0.3, 0.4) is 0 Å². The summed E-state index contributed by atoms with van der Waals surface area (Å²) in [6.45, 7) is 0. The van der Waals surface area contributed by atoms with Gasteiger partial charge in [-0.15, -0.1) is 0 Å². The Hall–Kier alpha value is -2.85. The van der Waals surface area contributed by atoms with Crippen molar-refractivity contribution in [3.8, 4) is 0 Å². The molecule has 27 heavy (non-hydrogen) atoms. The van der Waals surface area contributed by atoms with Gasteiger partial charge in [0.05, 0.1) is 17.4 Å². The van der Waals surface area contributed by atoms with Gasteiger partial charge in [0.25, 0.3) is 0 Å². The smallest absolute Gasteiger partial charge is 0.163 e. The molecule has 134 valence electrons. The lowest BCUT2D eigenvalue weighted by molar-refractivity contribution is -0.116. The van der Waals surface area contributed by atoms with Crippen molar-refractivity contribution in [2.24, 2.45) is 0 Å². The molecule has 5 rings (SSSR count). The Balaban J connectivity index is 1.61. The Labute approximate surface area is 162 Å². The van der Waals surface area contributed by atoms with Gasteiger partial charge in [-0.2, -0.15) is 11.3 Å². The summed E-state index contributed by atoms with van der Waals surface area (Å²) in [6.07, 6.45) is 1.41. The van der Waals surface area contributed by atoms with Crippen molar-refractivity contribution in [3.63, 3.8) is 0 Å². The molecule has 2 aliphatic rings. The zero-order chi connectivity index (χ0) is 18.2. The molecule has 0 saturated carbocycles. The molecule has 1 aliphatic heterocycles. The maximum Gasteiger partial charge on any atom is 0.163 e. The van der Waals surface area contributed by atoms with Gasteiger partial charge in [-0.25, -0.2) is 0 Å². The number of anilines is 2. The molecule has 0 radical (unpaired) electrons. The minimum absolute atomic E-state index is 0.105. The first-order valence-corrected chi connectivity index (χ1v) is 10.2. The third kappa shape index (κ3) is 2.96. The summed E-state index contributed by atoms with van der Waals surface area (Å²) in [5.74, 6) is 0.451. The summed E-state index contributed by atoms with van der Waals surface area (Å²) < 4.78 is 0. The van der Waals surface area contributed by atoms with Gasteiger partial charge in [0.2, 0.25) is 0 Å². The molecule has 1 aromatic heterocycles. The van der Waals surface area contributed by atoms with E-state index in [0.717, 1.165) is 34.6 Å². The average Bonchev–Trinajstić information content (AvgIpc) is 3.17. The Morgan fingerprint density at radius 2 is 1.63 bits per heavy atom. The van der Waals surface area contributed by atoms with Crippen LogP contribution in [0, 0.1) is 0 Å². The van der Waals surface area contributed by atoms with E-state index >= 15 is 0 Å². The van der Waals surface area contributed by atoms with Crippen LogP contribution >= 0.6 is 11.3 Å². The maximum absolute atomic E-state index is 13.3. The number of thiophene rings is 1. The Bertz CT molecular complexity index is 1010. The molecule has 1 aliphatic carbocycles. The van der Waals surface area contributed by atoms with Crippen LogP contribution in [0.2, 0.25) is 0 Å². The molecule has 2 aromatic carbocycles. The lowest BCUT2D eigenvalue weighted by Gasteiger charge is -2.29.